The molecule has 7 heteroatoms. The number of nitrogens with zero attached hydrogens (tertiary/aromatic N) is 2. The van der Waals surface area contributed by atoms with Crippen LogP contribution in [0.3, 0.4) is 0 Å². The van der Waals surface area contributed by atoms with E-state index in [1.54, 1.807) is 6.92 Å². The van der Waals surface area contributed by atoms with E-state index in [1.165, 1.54) is 0 Å². The molecular formula is C13H16F3N3O. The molecule has 1 unspecified atom stereocenters. The van der Waals surface area contributed by atoms with Crippen molar-refractivity contribution in [1.29, 1.82) is 0 Å². The Labute approximate surface area is 114 Å². The highest BCUT2D eigenvalue weighted by atomic mass is 19.4. The molecule has 20 heavy (non-hydrogen) atoms. The normalized spacial score (nSPS) is 26.6. The van der Waals surface area contributed by atoms with Crippen molar-refractivity contribution < 1.29 is 17.9 Å². The minimum atomic E-state index is -4.45. The lowest BCUT2D eigenvalue weighted by atomic mass is 9.99. The predicted molar refractivity (Wildman–Crippen MR) is 65.0 cm³/mol. The SMILES string of the molecule is CC1(c2nc3c(c(C(F)(F)F)n2)CCNC3)CCCO1. The van der Waals surface area contributed by atoms with E-state index in [-0.39, 0.29) is 11.4 Å². The van der Waals surface area contributed by atoms with E-state index in [0.717, 1.165) is 6.42 Å². The summed E-state index contributed by atoms with van der Waals surface area (Å²) in [6.45, 7) is 3.17. The summed E-state index contributed by atoms with van der Waals surface area (Å²) < 4.78 is 45.2. The number of hydrogen-bond donors (Lipinski definition) is 1. The van der Waals surface area contributed by atoms with Crippen LogP contribution in [-0.2, 0) is 29.5 Å². The molecule has 1 aromatic heterocycles. The van der Waals surface area contributed by atoms with Crippen molar-refractivity contribution >= 4 is 0 Å². The minimum Gasteiger partial charge on any atom is -0.367 e. The van der Waals surface area contributed by atoms with Crippen LogP contribution in [0.4, 0.5) is 13.2 Å². The summed E-state index contributed by atoms with van der Waals surface area (Å²) in [5, 5.41) is 3.05. The molecular weight excluding hydrogens is 271 g/mol. The Morgan fingerprint density at radius 3 is 2.75 bits per heavy atom. The Morgan fingerprint density at radius 1 is 1.30 bits per heavy atom. The molecule has 0 saturated carbocycles. The molecule has 0 amide bonds. The Balaban J connectivity index is 2.13. The van der Waals surface area contributed by atoms with Crippen LogP contribution >= 0.6 is 0 Å². The summed E-state index contributed by atoms with van der Waals surface area (Å²) >= 11 is 0. The van der Waals surface area contributed by atoms with Crippen molar-refractivity contribution in [3.8, 4) is 0 Å². The maximum Gasteiger partial charge on any atom is 0.433 e. The second kappa shape index (κ2) is 4.66. The average Bonchev–Trinajstić information content (AvgIpc) is 2.84. The van der Waals surface area contributed by atoms with Crippen molar-refractivity contribution in [2.24, 2.45) is 0 Å². The fourth-order valence-corrected chi connectivity index (χ4v) is 2.79. The molecule has 0 spiro atoms. The lowest BCUT2D eigenvalue weighted by molar-refractivity contribution is -0.142. The number of rotatable bonds is 1. The van der Waals surface area contributed by atoms with Gasteiger partial charge in [0, 0.05) is 18.7 Å². The molecule has 2 aliphatic heterocycles. The third-order valence-electron chi connectivity index (χ3n) is 3.90. The van der Waals surface area contributed by atoms with Gasteiger partial charge in [0.25, 0.3) is 0 Å². The monoisotopic (exact) mass is 287 g/mol. The van der Waals surface area contributed by atoms with Gasteiger partial charge < -0.3 is 10.1 Å². The molecule has 1 saturated heterocycles. The Bertz CT molecular complexity index is 524. The van der Waals surface area contributed by atoms with E-state index < -0.39 is 17.5 Å². The van der Waals surface area contributed by atoms with Gasteiger partial charge in [-0.15, -0.1) is 0 Å². The third kappa shape index (κ3) is 2.29. The number of nitrogens with one attached hydrogen (secondary N) is 1. The summed E-state index contributed by atoms with van der Waals surface area (Å²) in [4.78, 5) is 8.16. The van der Waals surface area contributed by atoms with Crippen LogP contribution in [0.15, 0.2) is 0 Å². The van der Waals surface area contributed by atoms with Gasteiger partial charge in [-0.3, -0.25) is 0 Å². The Morgan fingerprint density at radius 2 is 2.10 bits per heavy atom. The van der Waals surface area contributed by atoms with Gasteiger partial charge in [-0.25, -0.2) is 9.97 Å². The maximum atomic E-state index is 13.2. The molecule has 4 nitrogen and oxygen atoms in total. The molecule has 1 N–H and O–H groups in total. The fourth-order valence-electron chi connectivity index (χ4n) is 2.79. The lowest BCUT2D eigenvalue weighted by Gasteiger charge is -2.26. The van der Waals surface area contributed by atoms with Crippen LogP contribution in [0.25, 0.3) is 0 Å². The topological polar surface area (TPSA) is 47.0 Å². The number of halogens is 3. The van der Waals surface area contributed by atoms with Crippen LogP contribution in [0.2, 0.25) is 0 Å². The molecule has 0 radical (unpaired) electrons. The highest BCUT2D eigenvalue weighted by molar-refractivity contribution is 5.31. The number of ether oxygens (including phenoxy) is 1. The van der Waals surface area contributed by atoms with Gasteiger partial charge in [0.05, 0.1) is 5.69 Å². The highest BCUT2D eigenvalue weighted by Gasteiger charge is 2.42. The van der Waals surface area contributed by atoms with Gasteiger partial charge in [-0.1, -0.05) is 0 Å². The Kier molecular flexibility index (Phi) is 3.21. The standard InChI is InChI=1S/C13H16F3N3O/c1-12(4-2-6-20-12)11-18-9-7-17-5-3-8(9)10(19-11)13(14,15)16/h17H,2-7H2,1H3. The van der Waals surface area contributed by atoms with Crippen LogP contribution in [-0.4, -0.2) is 23.1 Å². The average molecular weight is 287 g/mol. The molecule has 2 aliphatic rings. The molecule has 110 valence electrons. The number of fused-ring (bicyclic) bond motifs is 1. The van der Waals surface area contributed by atoms with E-state index in [4.69, 9.17) is 4.74 Å². The molecule has 0 aliphatic carbocycles. The third-order valence-corrected chi connectivity index (χ3v) is 3.90. The first-order valence-corrected chi connectivity index (χ1v) is 6.72. The summed E-state index contributed by atoms with van der Waals surface area (Å²) in [5.74, 6) is 0.157. The Hall–Kier alpha value is -1.21. The number of hydrogen-bond acceptors (Lipinski definition) is 4. The summed E-state index contributed by atoms with van der Waals surface area (Å²) in [6, 6.07) is 0. The summed E-state index contributed by atoms with van der Waals surface area (Å²) in [6.07, 6.45) is -2.68. The molecule has 0 aromatic carbocycles. The second-order valence-corrected chi connectivity index (χ2v) is 5.43. The minimum absolute atomic E-state index is 0.157. The van der Waals surface area contributed by atoms with Crippen LogP contribution in [0.5, 0.6) is 0 Å². The van der Waals surface area contributed by atoms with Crippen molar-refractivity contribution in [3.63, 3.8) is 0 Å². The van der Waals surface area contributed by atoms with Crippen molar-refractivity contribution in [1.82, 2.24) is 15.3 Å². The molecule has 1 fully saturated rings. The molecule has 1 aromatic rings. The molecule has 0 bridgehead atoms. The lowest BCUT2D eigenvalue weighted by Crippen LogP contribution is -2.32. The smallest absolute Gasteiger partial charge is 0.367 e. The maximum absolute atomic E-state index is 13.2. The second-order valence-electron chi connectivity index (χ2n) is 5.43. The van der Waals surface area contributed by atoms with E-state index in [1.807, 2.05) is 0 Å². The van der Waals surface area contributed by atoms with Crippen LogP contribution in [0, 0.1) is 0 Å². The summed E-state index contributed by atoms with van der Waals surface area (Å²) in [5.41, 5.74) is -0.922. The van der Waals surface area contributed by atoms with Gasteiger partial charge in [-0.05, 0) is 32.7 Å². The predicted octanol–water partition coefficient (Wildman–Crippen LogP) is 2.17. The van der Waals surface area contributed by atoms with Crippen molar-refractivity contribution in [2.45, 2.75) is 44.5 Å². The first-order valence-electron chi connectivity index (χ1n) is 6.72. The van der Waals surface area contributed by atoms with Crippen LogP contribution in [0.1, 0.15) is 42.5 Å². The van der Waals surface area contributed by atoms with E-state index >= 15 is 0 Å². The van der Waals surface area contributed by atoms with Gasteiger partial charge in [0.15, 0.2) is 11.5 Å². The molecule has 1 atom stereocenters. The first kappa shape index (κ1) is 13.8. The number of aromatic nitrogens is 2. The summed E-state index contributed by atoms with van der Waals surface area (Å²) in [7, 11) is 0. The quantitative estimate of drug-likeness (QED) is 0.860. The number of alkyl halides is 3. The van der Waals surface area contributed by atoms with Crippen LogP contribution < -0.4 is 5.32 Å². The van der Waals surface area contributed by atoms with E-state index in [0.29, 0.717) is 38.2 Å². The largest absolute Gasteiger partial charge is 0.433 e. The highest BCUT2D eigenvalue weighted by Crippen LogP contribution is 2.38. The van der Waals surface area contributed by atoms with Gasteiger partial charge in [0.1, 0.15) is 5.60 Å². The van der Waals surface area contributed by atoms with Crippen molar-refractivity contribution in [3.05, 3.63) is 22.8 Å². The fraction of sp³-hybridized carbons (Fsp3) is 0.692. The first-order chi connectivity index (χ1) is 9.40. The van der Waals surface area contributed by atoms with Crippen molar-refractivity contribution in [2.75, 3.05) is 13.2 Å². The zero-order chi connectivity index (χ0) is 14.4. The zero-order valence-electron chi connectivity index (χ0n) is 11.2. The zero-order valence-corrected chi connectivity index (χ0v) is 11.2. The van der Waals surface area contributed by atoms with Gasteiger partial charge in [-0.2, -0.15) is 13.2 Å². The van der Waals surface area contributed by atoms with Gasteiger partial charge >= 0.3 is 6.18 Å². The van der Waals surface area contributed by atoms with Gasteiger partial charge in [0.2, 0.25) is 0 Å². The molecule has 3 heterocycles. The molecule has 3 rings (SSSR count). The van der Waals surface area contributed by atoms with E-state index in [9.17, 15) is 13.2 Å². The van der Waals surface area contributed by atoms with E-state index in [2.05, 4.69) is 15.3 Å².